The molecule has 0 saturated heterocycles. The van der Waals surface area contributed by atoms with E-state index in [0.29, 0.717) is 5.13 Å². The number of fused-ring (bicyclic) bond motifs is 1. The molecular formula is C17H13N3O2S. The molecule has 114 valence electrons. The lowest BCUT2D eigenvalue weighted by Gasteiger charge is -1.98. The van der Waals surface area contributed by atoms with Crippen molar-refractivity contribution in [2.45, 2.75) is 6.92 Å². The van der Waals surface area contributed by atoms with Crippen LogP contribution in [0.2, 0.25) is 0 Å². The molecular weight excluding hydrogens is 310 g/mol. The second-order valence-electron chi connectivity index (χ2n) is 5.14. The monoisotopic (exact) mass is 323 g/mol. The lowest BCUT2D eigenvalue weighted by atomic mass is 10.1. The number of aromatic nitrogens is 2. The number of aromatic amines is 1. The van der Waals surface area contributed by atoms with Crippen molar-refractivity contribution in [3.05, 3.63) is 59.5 Å². The van der Waals surface area contributed by atoms with Gasteiger partial charge in [-0.05, 0) is 25.1 Å². The molecule has 0 atom stereocenters. The number of aryl methyl sites for hydroxylation is 1. The molecule has 0 aliphatic heterocycles. The molecule has 5 nitrogen and oxygen atoms in total. The van der Waals surface area contributed by atoms with Crippen LogP contribution in [0, 0.1) is 6.92 Å². The number of nitrogens with zero attached hydrogens (tertiary/aromatic N) is 1. The Balaban J connectivity index is 1.67. The highest BCUT2D eigenvalue weighted by molar-refractivity contribution is 7.14. The third-order valence-corrected chi connectivity index (χ3v) is 4.38. The highest BCUT2D eigenvalue weighted by Gasteiger charge is 2.15. The summed E-state index contributed by atoms with van der Waals surface area (Å²) in [6.07, 6.45) is 1.47. The van der Waals surface area contributed by atoms with Crippen LogP contribution < -0.4 is 5.32 Å². The Bertz CT molecular complexity index is 983. The summed E-state index contributed by atoms with van der Waals surface area (Å²) in [4.78, 5) is 19.9. The Morgan fingerprint density at radius 3 is 2.96 bits per heavy atom. The first-order valence-corrected chi connectivity index (χ1v) is 7.98. The molecule has 4 rings (SSSR count). The van der Waals surface area contributed by atoms with Crippen molar-refractivity contribution in [3.63, 3.8) is 0 Å². The molecule has 0 aliphatic rings. The number of para-hydroxylation sites is 1. The minimum absolute atomic E-state index is 0.269. The van der Waals surface area contributed by atoms with E-state index in [1.807, 2.05) is 30.5 Å². The molecule has 0 aliphatic carbocycles. The molecule has 3 aromatic heterocycles. The molecule has 0 radical (unpaired) electrons. The van der Waals surface area contributed by atoms with Crippen molar-refractivity contribution in [1.82, 2.24) is 9.97 Å². The maximum atomic E-state index is 12.0. The Labute approximate surface area is 136 Å². The van der Waals surface area contributed by atoms with E-state index in [-0.39, 0.29) is 11.7 Å². The fraction of sp³-hybridized carbons (Fsp3) is 0.0588. The predicted molar refractivity (Wildman–Crippen MR) is 90.8 cm³/mol. The summed E-state index contributed by atoms with van der Waals surface area (Å²) >= 11 is 1.39. The van der Waals surface area contributed by atoms with Gasteiger partial charge in [0.1, 0.15) is 0 Å². The van der Waals surface area contributed by atoms with Crippen LogP contribution in [0.3, 0.4) is 0 Å². The van der Waals surface area contributed by atoms with Gasteiger partial charge in [-0.15, -0.1) is 11.3 Å². The first-order valence-electron chi connectivity index (χ1n) is 7.10. The van der Waals surface area contributed by atoms with E-state index in [4.69, 9.17) is 4.42 Å². The van der Waals surface area contributed by atoms with E-state index in [2.05, 4.69) is 21.4 Å². The van der Waals surface area contributed by atoms with Gasteiger partial charge in [-0.25, -0.2) is 4.98 Å². The average molecular weight is 323 g/mol. The number of carbonyl (C=O) groups is 1. The summed E-state index contributed by atoms with van der Waals surface area (Å²) < 4.78 is 5.08. The van der Waals surface area contributed by atoms with Gasteiger partial charge in [0.05, 0.1) is 12.0 Å². The number of amides is 1. The number of anilines is 1. The summed E-state index contributed by atoms with van der Waals surface area (Å²) in [6.45, 7) is 2.02. The first-order chi connectivity index (χ1) is 11.2. The van der Waals surface area contributed by atoms with E-state index in [1.54, 1.807) is 12.1 Å². The van der Waals surface area contributed by atoms with Gasteiger partial charge < -0.3 is 9.40 Å². The van der Waals surface area contributed by atoms with E-state index in [1.165, 1.54) is 17.6 Å². The fourth-order valence-electron chi connectivity index (χ4n) is 2.62. The molecule has 4 aromatic rings. The molecule has 0 unspecified atom stereocenters. The van der Waals surface area contributed by atoms with Crippen molar-refractivity contribution in [3.8, 4) is 11.3 Å². The van der Waals surface area contributed by atoms with Crippen LogP contribution >= 0.6 is 11.3 Å². The first kappa shape index (κ1) is 13.8. The van der Waals surface area contributed by atoms with Crippen LogP contribution in [0.25, 0.3) is 22.2 Å². The zero-order valence-corrected chi connectivity index (χ0v) is 13.1. The van der Waals surface area contributed by atoms with Crippen LogP contribution in [0.15, 0.2) is 52.5 Å². The van der Waals surface area contributed by atoms with E-state index in [0.717, 1.165) is 27.9 Å². The van der Waals surface area contributed by atoms with Gasteiger partial charge in [0.25, 0.3) is 5.91 Å². The number of hydrogen-bond acceptors (Lipinski definition) is 4. The third kappa shape index (κ3) is 2.43. The van der Waals surface area contributed by atoms with Gasteiger partial charge in [-0.3, -0.25) is 10.1 Å². The van der Waals surface area contributed by atoms with Gasteiger partial charge in [0, 0.05) is 27.5 Å². The molecule has 2 N–H and O–H groups in total. The fourth-order valence-corrected chi connectivity index (χ4v) is 3.32. The van der Waals surface area contributed by atoms with Crippen molar-refractivity contribution in [2.75, 3.05) is 5.32 Å². The number of rotatable bonds is 3. The Morgan fingerprint density at radius 2 is 2.13 bits per heavy atom. The molecule has 3 heterocycles. The highest BCUT2D eigenvalue weighted by Crippen LogP contribution is 2.33. The number of H-pyrrole nitrogens is 1. The predicted octanol–water partition coefficient (Wildman–Crippen LogP) is 4.45. The third-order valence-electron chi connectivity index (χ3n) is 3.62. The number of thiazole rings is 1. The number of nitrogens with one attached hydrogen (secondary N) is 2. The van der Waals surface area contributed by atoms with Crippen molar-refractivity contribution >= 4 is 33.3 Å². The lowest BCUT2D eigenvalue weighted by molar-refractivity contribution is 0.0996. The topological polar surface area (TPSA) is 70.9 Å². The Kier molecular flexibility index (Phi) is 3.24. The van der Waals surface area contributed by atoms with Crippen molar-refractivity contribution < 1.29 is 9.21 Å². The van der Waals surface area contributed by atoms with Gasteiger partial charge >= 0.3 is 0 Å². The highest BCUT2D eigenvalue weighted by atomic mass is 32.1. The molecule has 6 heteroatoms. The molecule has 23 heavy (non-hydrogen) atoms. The van der Waals surface area contributed by atoms with Crippen LogP contribution in [0.5, 0.6) is 0 Å². The number of furan rings is 1. The zero-order valence-electron chi connectivity index (χ0n) is 12.3. The van der Waals surface area contributed by atoms with Gasteiger partial charge in [-0.2, -0.15) is 0 Å². The van der Waals surface area contributed by atoms with Crippen molar-refractivity contribution in [2.24, 2.45) is 0 Å². The smallest absolute Gasteiger partial charge is 0.293 e. The summed E-state index contributed by atoms with van der Waals surface area (Å²) in [5.74, 6) is -0.0310. The Morgan fingerprint density at radius 1 is 1.26 bits per heavy atom. The Hall–Kier alpha value is -2.86. The number of benzene rings is 1. The van der Waals surface area contributed by atoms with E-state index < -0.39 is 0 Å². The summed E-state index contributed by atoms with van der Waals surface area (Å²) in [6, 6.07) is 11.4. The summed E-state index contributed by atoms with van der Waals surface area (Å²) in [5.41, 5.74) is 4.05. The standard InChI is InChI=1S/C17H13N3O2S/c1-10-15(11-5-2-3-6-12(11)18-10)13-9-23-17(19-13)20-16(21)14-7-4-8-22-14/h2-9,18H,1H3,(H,19,20,21). The maximum absolute atomic E-state index is 12.0. The van der Waals surface area contributed by atoms with Gasteiger partial charge in [-0.1, -0.05) is 18.2 Å². The quantitative estimate of drug-likeness (QED) is 0.585. The molecule has 1 aromatic carbocycles. The van der Waals surface area contributed by atoms with Gasteiger partial charge in [0.15, 0.2) is 10.9 Å². The zero-order chi connectivity index (χ0) is 15.8. The average Bonchev–Trinajstić information content (AvgIpc) is 3.25. The molecule has 0 saturated carbocycles. The van der Waals surface area contributed by atoms with Crippen molar-refractivity contribution in [1.29, 1.82) is 0 Å². The van der Waals surface area contributed by atoms with Crippen LogP contribution in [-0.4, -0.2) is 15.9 Å². The van der Waals surface area contributed by atoms with Crippen LogP contribution in [0.1, 0.15) is 16.2 Å². The summed E-state index contributed by atoms with van der Waals surface area (Å²) in [7, 11) is 0. The number of hydrogen-bond donors (Lipinski definition) is 2. The maximum Gasteiger partial charge on any atom is 0.293 e. The molecule has 0 bridgehead atoms. The normalized spacial score (nSPS) is 11.0. The second-order valence-corrected chi connectivity index (χ2v) is 6.00. The SMILES string of the molecule is Cc1[nH]c2ccccc2c1-c1csc(NC(=O)c2ccco2)n1. The minimum atomic E-state index is -0.299. The largest absolute Gasteiger partial charge is 0.459 e. The van der Waals surface area contributed by atoms with E-state index in [9.17, 15) is 4.79 Å². The van der Waals surface area contributed by atoms with E-state index >= 15 is 0 Å². The number of carbonyl (C=O) groups excluding carboxylic acids is 1. The van der Waals surface area contributed by atoms with Crippen LogP contribution in [0.4, 0.5) is 5.13 Å². The summed E-state index contributed by atoms with van der Waals surface area (Å²) in [5, 5.41) is 6.38. The second kappa shape index (κ2) is 5.40. The van der Waals surface area contributed by atoms with Crippen LogP contribution in [-0.2, 0) is 0 Å². The minimum Gasteiger partial charge on any atom is -0.459 e. The van der Waals surface area contributed by atoms with Gasteiger partial charge in [0.2, 0.25) is 0 Å². The molecule has 1 amide bonds. The molecule has 0 fully saturated rings. The lowest BCUT2D eigenvalue weighted by Crippen LogP contribution is -2.10. The molecule has 0 spiro atoms.